The predicted molar refractivity (Wildman–Crippen MR) is 137 cm³/mol. The van der Waals surface area contributed by atoms with Gasteiger partial charge in [0, 0.05) is 19.0 Å². The summed E-state index contributed by atoms with van der Waals surface area (Å²) in [5.41, 5.74) is -1.62. The Kier molecular flexibility index (Phi) is 13.7. The van der Waals surface area contributed by atoms with Gasteiger partial charge in [-0.05, 0) is 72.8 Å². The van der Waals surface area contributed by atoms with Crippen LogP contribution in [-0.2, 0) is 19.0 Å². The van der Waals surface area contributed by atoms with Crippen molar-refractivity contribution in [1.82, 2.24) is 4.90 Å². The van der Waals surface area contributed by atoms with Crippen LogP contribution >= 0.6 is 0 Å². The lowest BCUT2D eigenvalue weighted by molar-refractivity contribution is -0.226. The van der Waals surface area contributed by atoms with E-state index in [2.05, 4.69) is 13.8 Å². The van der Waals surface area contributed by atoms with E-state index < -0.39 is 29.7 Å². The lowest BCUT2D eigenvalue weighted by Gasteiger charge is -2.38. The Morgan fingerprint density at radius 3 is 2.37 bits per heavy atom. The number of hydrogen-bond donors (Lipinski definition) is 3. The second-order valence-corrected chi connectivity index (χ2v) is 11.5. The van der Waals surface area contributed by atoms with Gasteiger partial charge in [-0.1, -0.05) is 27.2 Å². The van der Waals surface area contributed by atoms with Crippen molar-refractivity contribution in [3.8, 4) is 0 Å². The quantitative estimate of drug-likeness (QED) is 0.292. The molecule has 208 valence electrons. The van der Waals surface area contributed by atoms with Crippen molar-refractivity contribution < 1.29 is 34.3 Å². The van der Waals surface area contributed by atoms with E-state index >= 15 is 0 Å². The third kappa shape index (κ3) is 11.0. The minimum atomic E-state index is -1.62. The second-order valence-electron chi connectivity index (χ2n) is 11.5. The van der Waals surface area contributed by atoms with Crippen molar-refractivity contribution in [3.63, 3.8) is 0 Å². The number of rotatable bonds is 15. The Bertz CT molecular complexity index is 606. The Labute approximate surface area is 213 Å². The van der Waals surface area contributed by atoms with Crippen molar-refractivity contribution in [2.45, 2.75) is 130 Å². The van der Waals surface area contributed by atoms with Gasteiger partial charge >= 0.3 is 5.97 Å². The zero-order valence-corrected chi connectivity index (χ0v) is 23.6. The van der Waals surface area contributed by atoms with E-state index in [1.807, 2.05) is 39.6 Å². The summed E-state index contributed by atoms with van der Waals surface area (Å²) in [5.74, 6) is -0.296. The molecule has 0 aromatic heterocycles. The van der Waals surface area contributed by atoms with Crippen LogP contribution in [0.15, 0.2) is 0 Å². The number of nitrogens with zero attached hydrogens (tertiary/aromatic N) is 1. The van der Waals surface area contributed by atoms with Gasteiger partial charge in [-0.25, -0.2) is 0 Å². The summed E-state index contributed by atoms with van der Waals surface area (Å²) in [4.78, 5) is 14.6. The third-order valence-electron chi connectivity index (χ3n) is 7.35. The lowest BCUT2D eigenvalue weighted by atomic mass is 9.92. The maximum atomic E-state index is 12.7. The van der Waals surface area contributed by atoms with Crippen molar-refractivity contribution in [2.75, 3.05) is 20.2 Å². The summed E-state index contributed by atoms with van der Waals surface area (Å²) in [6.07, 6.45) is 2.12. The van der Waals surface area contributed by atoms with Gasteiger partial charge in [-0.15, -0.1) is 0 Å². The van der Waals surface area contributed by atoms with E-state index in [9.17, 15) is 20.1 Å². The van der Waals surface area contributed by atoms with E-state index in [0.29, 0.717) is 18.9 Å². The first kappa shape index (κ1) is 32.3. The van der Waals surface area contributed by atoms with Crippen molar-refractivity contribution in [2.24, 2.45) is 17.8 Å². The minimum Gasteiger partial charge on any atom is -0.462 e. The number of aliphatic hydroxyl groups is 3. The van der Waals surface area contributed by atoms with Crippen LogP contribution in [-0.4, -0.2) is 88.7 Å². The fourth-order valence-corrected chi connectivity index (χ4v) is 4.84. The van der Waals surface area contributed by atoms with Crippen molar-refractivity contribution in [1.29, 1.82) is 0 Å². The topological polar surface area (TPSA) is 109 Å². The van der Waals surface area contributed by atoms with Crippen LogP contribution in [0.3, 0.4) is 0 Å². The Morgan fingerprint density at radius 2 is 1.80 bits per heavy atom. The first-order valence-corrected chi connectivity index (χ1v) is 13.4. The molecule has 3 N–H and O–H groups in total. The van der Waals surface area contributed by atoms with E-state index in [4.69, 9.17) is 14.2 Å². The fourth-order valence-electron chi connectivity index (χ4n) is 4.84. The SMILES string of the molecule is CCCC(O)C[C@@H](C)CN(C)C(C)C(O)[C@](C)(O)COC(=O)C(C)[C@H](C)O[C@H]1CC(C)CC(C)O1. The molecule has 1 saturated heterocycles. The normalized spacial score (nSPS) is 28.0. The van der Waals surface area contributed by atoms with Crippen LogP contribution in [0.5, 0.6) is 0 Å². The number of carbonyl (C=O) groups is 1. The zero-order chi connectivity index (χ0) is 26.9. The highest BCUT2D eigenvalue weighted by atomic mass is 16.7. The van der Waals surface area contributed by atoms with Crippen LogP contribution < -0.4 is 0 Å². The molecule has 0 bridgehead atoms. The highest BCUT2D eigenvalue weighted by Gasteiger charge is 2.38. The largest absolute Gasteiger partial charge is 0.462 e. The molecule has 1 aliphatic rings. The van der Waals surface area contributed by atoms with Gasteiger partial charge in [0.15, 0.2) is 6.29 Å². The highest BCUT2D eigenvalue weighted by molar-refractivity contribution is 5.72. The molecule has 0 aromatic carbocycles. The monoisotopic (exact) mass is 503 g/mol. The number of ether oxygens (including phenoxy) is 3. The minimum absolute atomic E-state index is 0.124. The smallest absolute Gasteiger partial charge is 0.311 e. The number of carbonyl (C=O) groups excluding carboxylic acids is 1. The Hall–Kier alpha value is -0.770. The zero-order valence-electron chi connectivity index (χ0n) is 23.6. The molecule has 1 fully saturated rings. The number of aliphatic hydroxyl groups excluding tert-OH is 2. The molecule has 35 heavy (non-hydrogen) atoms. The van der Waals surface area contributed by atoms with E-state index in [1.54, 1.807) is 6.92 Å². The molecule has 0 spiro atoms. The Balaban J connectivity index is 2.54. The molecule has 8 heteroatoms. The molecule has 1 heterocycles. The van der Waals surface area contributed by atoms with E-state index in [1.165, 1.54) is 6.92 Å². The average molecular weight is 504 g/mol. The maximum Gasteiger partial charge on any atom is 0.311 e. The van der Waals surface area contributed by atoms with Crippen molar-refractivity contribution >= 4 is 5.97 Å². The van der Waals surface area contributed by atoms with E-state index in [0.717, 1.165) is 25.7 Å². The molecule has 1 aliphatic heterocycles. The molecule has 6 unspecified atom stereocenters. The second kappa shape index (κ2) is 14.8. The summed E-state index contributed by atoms with van der Waals surface area (Å²) >= 11 is 0. The van der Waals surface area contributed by atoms with Gasteiger partial charge in [0.2, 0.25) is 0 Å². The first-order chi connectivity index (χ1) is 16.2. The maximum absolute atomic E-state index is 12.7. The molecule has 0 amide bonds. The molecule has 0 aromatic rings. The van der Waals surface area contributed by atoms with Gasteiger partial charge < -0.3 is 34.4 Å². The average Bonchev–Trinajstić information content (AvgIpc) is 2.74. The molecule has 10 atom stereocenters. The number of likely N-dealkylation sites (N-methyl/N-ethyl adjacent to an activating group) is 1. The summed E-state index contributed by atoms with van der Waals surface area (Å²) in [7, 11) is 1.88. The van der Waals surface area contributed by atoms with E-state index in [-0.39, 0.29) is 37.1 Å². The number of hydrogen-bond acceptors (Lipinski definition) is 8. The van der Waals surface area contributed by atoms with Crippen molar-refractivity contribution in [3.05, 3.63) is 0 Å². The van der Waals surface area contributed by atoms with Crippen LogP contribution in [0, 0.1) is 17.8 Å². The first-order valence-electron chi connectivity index (χ1n) is 13.4. The van der Waals surface area contributed by atoms with Crippen LogP contribution in [0.1, 0.15) is 87.5 Å². The highest BCUT2D eigenvalue weighted by Crippen LogP contribution is 2.27. The number of esters is 1. The molecule has 0 saturated carbocycles. The summed E-state index contributed by atoms with van der Waals surface area (Å²) in [6, 6.07) is -0.374. The van der Waals surface area contributed by atoms with Crippen LogP contribution in [0.2, 0.25) is 0 Å². The van der Waals surface area contributed by atoms with Gasteiger partial charge in [0.1, 0.15) is 18.3 Å². The van der Waals surface area contributed by atoms with Gasteiger partial charge in [0.05, 0.1) is 24.2 Å². The van der Waals surface area contributed by atoms with Gasteiger partial charge in [-0.3, -0.25) is 4.79 Å². The van der Waals surface area contributed by atoms with Gasteiger partial charge in [-0.2, -0.15) is 0 Å². The fraction of sp³-hybridized carbons (Fsp3) is 0.963. The van der Waals surface area contributed by atoms with Gasteiger partial charge in [0.25, 0.3) is 0 Å². The lowest BCUT2D eigenvalue weighted by Crippen LogP contribution is -2.55. The molecular weight excluding hydrogens is 450 g/mol. The summed E-state index contributed by atoms with van der Waals surface area (Å²) in [5, 5.41) is 31.8. The molecular formula is C27H53NO7. The Morgan fingerprint density at radius 1 is 1.17 bits per heavy atom. The standard InChI is InChI=1S/C27H53NO7/c1-10-11-23(29)13-18(3)15-28(9)21(6)25(30)27(8,32)16-33-26(31)20(5)22(7)35-24-14-17(2)12-19(4)34-24/h17-25,29-30,32H,10-16H2,1-9H3/t17?,18-,19?,20?,21?,22+,23?,24+,25?,27-/m1/s1. The van der Waals surface area contributed by atoms with Crippen LogP contribution in [0.25, 0.3) is 0 Å². The summed E-state index contributed by atoms with van der Waals surface area (Å²) in [6.45, 7) is 15.5. The molecule has 0 aliphatic carbocycles. The predicted octanol–water partition coefficient (Wildman–Crippen LogP) is 3.35. The third-order valence-corrected chi connectivity index (χ3v) is 7.35. The molecule has 1 rings (SSSR count). The van der Waals surface area contributed by atoms with Crippen LogP contribution in [0.4, 0.5) is 0 Å². The molecule has 0 radical (unpaired) electrons. The summed E-state index contributed by atoms with van der Waals surface area (Å²) < 4.78 is 17.2. The molecule has 8 nitrogen and oxygen atoms in total.